The second-order valence-corrected chi connectivity index (χ2v) is 5.86. The van der Waals surface area contributed by atoms with Crippen LogP contribution in [0.2, 0.25) is 5.02 Å². The summed E-state index contributed by atoms with van der Waals surface area (Å²) < 4.78 is 10.7. The Bertz CT molecular complexity index is 858. The number of ether oxygens (including phenoxy) is 2. The second-order valence-electron chi connectivity index (χ2n) is 5.45. The summed E-state index contributed by atoms with van der Waals surface area (Å²) in [5.41, 5.74) is 2.64. The van der Waals surface area contributed by atoms with Crippen molar-refractivity contribution in [2.24, 2.45) is 0 Å². The van der Waals surface area contributed by atoms with Crippen molar-refractivity contribution in [1.29, 1.82) is 0 Å². The lowest BCUT2D eigenvalue weighted by Crippen LogP contribution is -2.11. The molecular formula is C21H17ClO3. The summed E-state index contributed by atoms with van der Waals surface area (Å²) in [6.07, 6.45) is 0. The van der Waals surface area contributed by atoms with Crippen LogP contribution >= 0.6 is 11.6 Å². The van der Waals surface area contributed by atoms with E-state index in [1.807, 2.05) is 42.5 Å². The van der Waals surface area contributed by atoms with Gasteiger partial charge in [0.1, 0.15) is 11.5 Å². The average molecular weight is 353 g/mol. The largest absolute Gasteiger partial charge is 0.497 e. The van der Waals surface area contributed by atoms with Gasteiger partial charge in [0.2, 0.25) is 0 Å². The van der Waals surface area contributed by atoms with Crippen LogP contribution in [0, 0.1) is 0 Å². The topological polar surface area (TPSA) is 35.5 Å². The van der Waals surface area contributed by atoms with Crippen molar-refractivity contribution in [3.05, 3.63) is 83.4 Å². The highest BCUT2D eigenvalue weighted by molar-refractivity contribution is 6.32. The Morgan fingerprint density at radius 1 is 0.920 bits per heavy atom. The quantitative estimate of drug-likeness (QED) is 0.566. The predicted octanol–water partition coefficient (Wildman–Crippen LogP) is 5.28. The third-order valence-corrected chi connectivity index (χ3v) is 4.11. The molecule has 0 N–H and O–H groups in total. The molecule has 3 nitrogen and oxygen atoms in total. The Hall–Kier alpha value is -2.78. The minimum Gasteiger partial charge on any atom is -0.497 e. The van der Waals surface area contributed by atoms with Crippen molar-refractivity contribution in [3.8, 4) is 22.6 Å². The van der Waals surface area contributed by atoms with Crippen molar-refractivity contribution < 1.29 is 14.3 Å². The monoisotopic (exact) mass is 352 g/mol. The number of methoxy groups -OCH3 is 1. The van der Waals surface area contributed by atoms with Gasteiger partial charge in [-0.05, 0) is 47.5 Å². The lowest BCUT2D eigenvalue weighted by molar-refractivity contribution is 0.0921. The number of halogens is 1. The van der Waals surface area contributed by atoms with Gasteiger partial charge < -0.3 is 9.47 Å². The summed E-state index contributed by atoms with van der Waals surface area (Å²) in [5, 5.41) is 0.476. The minimum atomic E-state index is -0.120. The zero-order valence-corrected chi connectivity index (χ0v) is 14.5. The van der Waals surface area contributed by atoms with Crippen LogP contribution in [0.25, 0.3) is 11.1 Å². The number of carbonyl (C=O) groups is 1. The highest BCUT2D eigenvalue weighted by Crippen LogP contribution is 2.30. The summed E-state index contributed by atoms with van der Waals surface area (Å²) in [6.45, 7) is -0.0727. The molecule has 0 radical (unpaired) electrons. The maximum Gasteiger partial charge on any atom is 0.200 e. The lowest BCUT2D eigenvalue weighted by atomic mass is 10.1. The van der Waals surface area contributed by atoms with Crippen LogP contribution in [-0.2, 0) is 0 Å². The number of benzene rings is 3. The van der Waals surface area contributed by atoms with Gasteiger partial charge >= 0.3 is 0 Å². The van der Waals surface area contributed by atoms with Gasteiger partial charge in [-0.1, -0.05) is 48.0 Å². The number of hydrogen-bond acceptors (Lipinski definition) is 3. The molecule has 0 unspecified atom stereocenters. The molecule has 3 aromatic rings. The van der Waals surface area contributed by atoms with Crippen LogP contribution in [0.4, 0.5) is 0 Å². The van der Waals surface area contributed by atoms with Gasteiger partial charge in [0.15, 0.2) is 12.4 Å². The summed E-state index contributed by atoms with van der Waals surface area (Å²) in [7, 11) is 1.58. The SMILES string of the molecule is COc1ccc(C(=O)COc2ccc(-c3ccccc3)cc2Cl)cc1. The normalized spacial score (nSPS) is 10.3. The number of Topliss-reactive ketones (excluding diaryl/α,β-unsaturated/α-hetero) is 1. The molecule has 0 bridgehead atoms. The molecule has 0 fully saturated rings. The first-order valence-electron chi connectivity index (χ1n) is 7.82. The van der Waals surface area contributed by atoms with Gasteiger partial charge in [0.05, 0.1) is 12.1 Å². The van der Waals surface area contributed by atoms with Gasteiger partial charge in [-0.3, -0.25) is 4.79 Å². The first-order chi connectivity index (χ1) is 12.2. The standard InChI is InChI=1S/C21H17ClO3/c1-24-18-10-7-16(8-11-18)20(23)14-25-21-12-9-17(13-19(21)22)15-5-3-2-4-6-15/h2-13H,14H2,1H3. The zero-order chi connectivity index (χ0) is 17.6. The molecule has 0 atom stereocenters. The van der Waals surface area contributed by atoms with Gasteiger partial charge in [-0.2, -0.15) is 0 Å². The second kappa shape index (κ2) is 7.86. The minimum absolute atomic E-state index is 0.0727. The van der Waals surface area contributed by atoms with E-state index in [0.717, 1.165) is 11.1 Å². The van der Waals surface area contributed by atoms with Crippen LogP contribution in [0.1, 0.15) is 10.4 Å². The fraction of sp³-hybridized carbons (Fsp3) is 0.0952. The molecule has 0 amide bonds. The third-order valence-electron chi connectivity index (χ3n) is 3.81. The molecule has 0 aliphatic heterocycles. The van der Waals surface area contributed by atoms with Crippen LogP contribution in [0.15, 0.2) is 72.8 Å². The van der Waals surface area contributed by atoms with Gasteiger partial charge in [-0.25, -0.2) is 0 Å². The molecular weight excluding hydrogens is 336 g/mol. The highest BCUT2D eigenvalue weighted by Gasteiger charge is 2.10. The van der Waals surface area contributed by atoms with Gasteiger partial charge in [0, 0.05) is 5.56 Å². The number of ketones is 1. The molecule has 0 saturated carbocycles. The van der Waals surface area contributed by atoms with E-state index >= 15 is 0 Å². The molecule has 126 valence electrons. The van der Waals surface area contributed by atoms with Crippen molar-refractivity contribution in [2.45, 2.75) is 0 Å². The molecule has 0 saturated heterocycles. The zero-order valence-electron chi connectivity index (χ0n) is 13.7. The molecule has 3 rings (SSSR count). The summed E-state index contributed by atoms with van der Waals surface area (Å²) in [5.74, 6) is 1.08. The van der Waals surface area contributed by atoms with Gasteiger partial charge in [-0.15, -0.1) is 0 Å². The van der Waals surface area contributed by atoms with E-state index in [1.165, 1.54) is 0 Å². The highest BCUT2D eigenvalue weighted by atomic mass is 35.5. The Morgan fingerprint density at radius 2 is 1.64 bits per heavy atom. The average Bonchev–Trinajstić information content (AvgIpc) is 2.67. The third kappa shape index (κ3) is 4.20. The smallest absolute Gasteiger partial charge is 0.200 e. The summed E-state index contributed by atoms with van der Waals surface area (Å²) in [4.78, 5) is 12.2. The van der Waals surface area contributed by atoms with E-state index in [1.54, 1.807) is 37.4 Å². The number of rotatable bonds is 6. The van der Waals surface area contributed by atoms with Crippen molar-refractivity contribution in [2.75, 3.05) is 13.7 Å². The van der Waals surface area contributed by atoms with Crippen molar-refractivity contribution in [1.82, 2.24) is 0 Å². The summed E-state index contributed by atoms with van der Waals surface area (Å²) >= 11 is 6.30. The predicted molar refractivity (Wildman–Crippen MR) is 99.7 cm³/mol. The van der Waals surface area contributed by atoms with Crippen molar-refractivity contribution in [3.63, 3.8) is 0 Å². The Morgan fingerprint density at radius 3 is 2.28 bits per heavy atom. The number of carbonyl (C=O) groups excluding carboxylic acids is 1. The lowest BCUT2D eigenvalue weighted by Gasteiger charge is -2.10. The molecule has 25 heavy (non-hydrogen) atoms. The maximum atomic E-state index is 12.2. The van der Waals surface area contributed by atoms with E-state index in [-0.39, 0.29) is 12.4 Å². The molecule has 0 aromatic heterocycles. The number of hydrogen-bond donors (Lipinski definition) is 0. The maximum absolute atomic E-state index is 12.2. The van der Waals surface area contributed by atoms with Crippen molar-refractivity contribution >= 4 is 17.4 Å². The summed E-state index contributed by atoms with van der Waals surface area (Å²) in [6, 6.07) is 22.4. The van der Waals surface area contributed by atoms with E-state index < -0.39 is 0 Å². The van der Waals surface area contributed by atoms with Crippen LogP contribution < -0.4 is 9.47 Å². The van der Waals surface area contributed by atoms with Gasteiger partial charge in [0.25, 0.3) is 0 Å². The van der Waals surface area contributed by atoms with Crippen LogP contribution in [0.3, 0.4) is 0 Å². The Labute approximate surface area is 151 Å². The molecule has 0 spiro atoms. The molecule has 0 aliphatic carbocycles. The first-order valence-corrected chi connectivity index (χ1v) is 8.20. The van der Waals surface area contributed by atoms with E-state index in [4.69, 9.17) is 21.1 Å². The van der Waals surface area contributed by atoms with E-state index in [2.05, 4.69) is 0 Å². The fourth-order valence-corrected chi connectivity index (χ4v) is 2.67. The molecule has 4 heteroatoms. The fourth-order valence-electron chi connectivity index (χ4n) is 2.43. The van der Waals surface area contributed by atoms with Crippen LogP contribution in [-0.4, -0.2) is 19.5 Å². The Kier molecular flexibility index (Phi) is 5.36. The van der Waals surface area contributed by atoms with Crippen LogP contribution in [0.5, 0.6) is 11.5 Å². The first kappa shape index (κ1) is 17.1. The molecule has 3 aromatic carbocycles. The molecule has 0 aliphatic rings. The Balaban J connectivity index is 1.67. The molecule has 0 heterocycles. The van der Waals surface area contributed by atoms with E-state index in [0.29, 0.717) is 22.1 Å². The van der Waals surface area contributed by atoms with E-state index in [9.17, 15) is 4.79 Å².